The first-order valence-corrected chi connectivity index (χ1v) is 4.27. The number of hydrogen-bond acceptors (Lipinski definition) is 5. The lowest BCUT2D eigenvalue weighted by atomic mass is 10.4. The first-order valence-electron chi connectivity index (χ1n) is 4.27. The summed E-state index contributed by atoms with van der Waals surface area (Å²) in [5.41, 5.74) is 0.449. The number of carboxylic acids is 1. The molecule has 0 aliphatic carbocycles. The van der Waals surface area contributed by atoms with E-state index in [2.05, 4.69) is 15.0 Å². The molecule has 8 heteroatoms. The molecule has 8 nitrogen and oxygen atoms in total. The minimum absolute atomic E-state index is 0.168. The summed E-state index contributed by atoms with van der Waals surface area (Å²) < 4.78 is 0. The summed E-state index contributed by atoms with van der Waals surface area (Å²) in [5, 5.41) is 19.0. The zero-order valence-electron chi connectivity index (χ0n) is 7.88. The number of aromatic amines is 1. The molecule has 2 N–H and O–H groups in total. The van der Waals surface area contributed by atoms with E-state index in [1.165, 1.54) is 6.07 Å². The van der Waals surface area contributed by atoms with Crippen molar-refractivity contribution in [3.8, 4) is 0 Å². The van der Waals surface area contributed by atoms with Crippen molar-refractivity contribution < 1.29 is 14.8 Å². The third-order valence-corrected chi connectivity index (χ3v) is 1.90. The van der Waals surface area contributed by atoms with Gasteiger partial charge in [-0.25, -0.2) is 9.97 Å². The summed E-state index contributed by atoms with van der Waals surface area (Å²) in [7, 11) is 0. The number of carboxylic acid groups (broad SMARTS) is 1. The van der Waals surface area contributed by atoms with Gasteiger partial charge >= 0.3 is 5.97 Å². The Morgan fingerprint density at radius 3 is 3.00 bits per heavy atom. The zero-order valence-corrected chi connectivity index (χ0v) is 7.88. The van der Waals surface area contributed by atoms with E-state index < -0.39 is 10.9 Å². The fraction of sp³-hybridized carbons (Fsp3) is 0.125. The number of carbonyl (C=O) groups is 1. The number of hydrogen-bond donors (Lipinski definition) is 2. The van der Waals surface area contributed by atoms with Gasteiger partial charge in [0.2, 0.25) is 0 Å². The Kier molecular flexibility index (Phi) is 2.24. The molecule has 0 amide bonds. The van der Waals surface area contributed by atoms with Crippen molar-refractivity contribution in [2.45, 2.75) is 6.42 Å². The number of nitro groups is 1. The first-order chi connectivity index (χ1) is 7.56. The largest absolute Gasteiger partial charge is 0.481 e. The fourth-order valence-electron chi connectivity index (χ4n) is 1.27. The van der Waals surface area contributed by atoms with E-state index in [0.29, 0.717) is 5.52 Å². The molecule has 2 heterocycles. The van der Waals surface area contributed by atoms with Gasteiger partial charge in [-0.1, -0.05) is 0 Å². The van der Waals surface area contributed by atoms with Crippen LogP contribution in [-0.4, -0.2) is 31.0 Å². The highest BCUT2D eigenvalue weighted by molar-refractivity contribution is 5.75. The smallest absolute Gasteiger partial charge is 0.311 e. The monoisotopic (exact) mass is 222 g/mol. The summed E-state index contributed by atoms with van der Waals surface area (Å²) >= 11 is 0. The van der Waals surface area contributed by atoms with Crippen LogP contribution in [0.2, 0.25) is 0 Å². The number of imidazole rings is 1. The molecule has 2 aromatic heterocycles. The highest BCUT2D eigenvalue weighted by atomic mass is 16.6. The first kappa shape index (κ1) is 10.0. The minimum Gasteiger partial charge on any atom is -0.481 e. The van der Waals surface area contributed by atoms with Gasteiger partial charge in [-0.05, 0) is 0 Å². The summed E-state index contributed by atoms with van der Waals surface area (Å²) in [6, 6.07) is 1.26. The van der Waals surface area contributed by atoms with Crippen LogP contribution in [0.3, 0.4) is 0 Å². The topological polar surface area (TPSA) is 122 Å². The lowest BCUT2D eigenvalue weighted by Crippen LogP contribution is -2.01. The van der Waals surface area contributed by atoms with E-state index >= 15 is 0 Å². The van der Waals surface area contributed by atoms with E-state index in [4.69, 9.17) is 5.11 Å². The normalized spacial score (nSPS) is 10.5. The van der Waals surface area contributed by atoms with Crippen LogP contribution in [0.4, 0.5) is 5.69 Å². The third-order valence-electron chi connectivity index (χ3n) is 1.90. The van der Waals surface area contributed by atoms with Gasteiger partial charge in [-0.3, -0.25) is 14.9 Å². The van der Waals surface area contributed by atoms with E-state index in [0.717, 1.165) is 6.20 Å². The van der Waals surface area contributed by atoms with E-state index in [-0.39, 0.29) is 23.6 Å². The van der Waals surface area contributed by atoms with E-state index in [1.54, 1.807) is 0 Å². The Labute approximate surface area is 88.1 Å². The molecule has 0 aliphatic heterocycles. The van der Waals surface area contributed by atoms with Crippen LogP contribution in [-0.2, 0) is 11.2 Å². The standard InChI is InChI=1S/C8H6N4O4/c13-7(14)2-6-10-5-1-4(12(15)16)3-9-8(5)11-6/h1,3H,2H2,(H,13,14)(H,9,10,11). The SMILES string of the molecule is O=C(O)Cc1nc2ncc([N+](=O)[O-])cc2[nH]1. The Balaban J connectivity index is 2.45. The summed E-state index contributed by atoms with van der Waals surface area (Å²) in [4.78, 5) is 30.6. The minimum atomic E-state index is -1.03. The molecule has 82 valence electrons. The van der Waals surface area contributed by atoms with Crippen LogP contribution in [0, 0.1) is 10.1 Å². The van der Waals surface area contributed by atoms with Crippen LogP contribution >= 0.6 is 0 Å². The van der Waals surface area contributed by atoms with Crippen molar-refractivity contribution in [1.29, 1.82) is 0 Å². The van der Waals surface area contributed by atoms with Crippen molar-refractivity contribution in [2.24, 2.45) is 0 Å². The predicted molar refractivity (Wildman–Crippen MR) is 51.9 cm³/mol. The van der Waals surface area contributed by atoms with Crippen molar-refractivity contribution in [3.05, 3.63) is 28.2 Å². The number of rotatable bonds is 3. The van der Waals surface area contributed by atoms with Crippen LogP contribution in [0.1, 0.15) is 5.82 Å². The number of pyridine rings is 1. The molecule has 0 atom stereocenters. The molecule has 0 fully saturated rings. The number of aliphatic carboxylic acids is 1. The Bertz CT molecular complexity index is 576. The molecule has 0 radical (unpaired) electrons. The molecule has 0 unspecified atom stereocenters. The van der Waals surface area contributed by atoms with Crippen molar-refractivity contribution in [3.63, 3.8) is 0 Å². The summed E-state index contributed by atoms with van der Waals surface area (Å²) in [6.07, 6.45) is 0.803. The fourth-order valence-corrected chi connectivity index (χ4v) is 1.27. The molecule has 2 rings (SSSR count). The van der Waals surface area contributed by atoms with Gasteiger partial charge in [0.1, 0.15) is 18.4 Å². The second-order valence-corrected chi connectivity index (χ2v) is 3.08. The van der Waals surface area contributed by atoms with Crippen LogP contribution in [0.5, 0.6) is 0 Å². The van der Waals surface area contributed by atoms with Gasteiger partial charge in [0.05, 0.1) is 10.4 Å². The molecule has 0 aromatic carbocycles. The van der Waals surface area contributed by atoms with Gasteiger partial charge in [0, 0.05) is 6.07 Å². The maximum Gasteiger partial charge on any atom is 0.311 e. The van der Waals surface area contributed by atoms with Crippen molar-refractivity contribution in [1.82, 2.24) is 15.0 Å². The summed E-state index contributed by atoms with van der Waals surface area (Å²) in [6.45, 7) is 0. The van der Waals surface area contributed by atoms with E-state index in [1.807, 2.05) is 0 Å². The van der Waals surface area contributed by atoms with Crippen LogP contribution in [0.25, 0.3) is 11.2 Å². The number of nitrogens with one attached hydrogen (secondary N) is 1. The Morgan fingerprint density at radius 2 is 2.38 bits per heavy atom. The van der Waals surface area contributed by atoms with Gasteiger partial charge in [0.15, 0.2) is 5.65 Å². The van der Waals surface area contributed by atoms with Gasteiger partial charge < -0.3 is 10.1 Å². The van der Waals surface area contributed by atoms with Crippen molar-refractivity contribution in [2.75, 3.05) is 0 Å². The maximum atomic E-state index is 10.5. The van der Waals surface area contributed by atoms with Crippen LogP contribution < -0.4 is 0 Å². The number of aromatic nitrogens is 3. The average molecular weight is 222 g/mol. The highest BCUT2D eigenvalue weighted by Gasteiger charge is 2.12. The number of fused-ring (bicyclic) bond motifs is 1. The highest BCUT2D eigenvalue weighted by Crippen LogP contribution is 2.16. The number of H-pyrrole nitrogens is 1. The van der Waals surface area contributed by atoms with Gasteiger partial charge in [0.25, 0.3) is 5.69 Å². The molecule has 16 heavy (non-hydrogen) atoms. The zero-order chi connectivity index (χ0) is 11.7. The molecule has 0 saturated heterocycles. The molecule has 2 aromatic rings. The quantitative estimate of drug-likeness (QED) is 0.575. The Morgan fingerprint density at radius 1 is 1.62 bits per heavy atom. The second-order valence-electron chi connectivity index (χ2n) is 3.08. The molecule has 0 bridgehead atoms. The lowest BCUT2D eigenvalue weighted by Gasteiger charge is -1.88. The maximum absolute atomic E-state index is 10.5. The molecular formula is C8H6N4O4. The van der Waals surface area contributed by atoms with Gasteiger partial charge in [-0.15, -0.1) is 0 Å². The molecule has 0 spiro atoms. The average Bonchev–Trinajstić information content (AvgIpc) is 2.56. The predicted octanol–water partition coefficient (Wildman–Crippen LogP) is 0.493. The Hall–Kier alpha value is -2.51. The summed E-state index contributed by atoms with van der Waals surface area (Å²) in [5.74, 6) is -0.816. The third kappa shape index (κ3) is 1.80. The number of nitrogens with zero attached hydrogens (tertiary/aromatic N) is 3. The lowest BCUT2D eigenvalue weighted by molar-refractivity contribution is -0.385. The molecular weight excluding hydrogens is 216 g/mol. The van der Waals surface area contributed by atoms with E-state index in [9.17, 15) is 14.9 Å². The molecule has 0 saturated carbocycles. The molecule has 0 aliphatic rings. The van der Waals surface area contributed by atoms with Gasteiger partial charge in [-0.2, -0.15) is 0 Å². The second kappa shape index (κ2) is 3.57. The van der Waals surface area contributed by atoms with Crippen molar-refractivity contribution >= 4 is 22.8 Å². The van der Waals surface area contributed by atoms with Crippen LogP contribution in [0.15, 0.2) is 12.3 Å².